The number of carbonyl (C=O) groups is 1. The minimum absolute atomic E-state index is 0.0205. The molecule has 3 unspecified atom stereocenters. The number of carbonyl (C=O) groups excluding carboxylic acids is 1. The number of amides is 1. The summed E-state index contributed by atoms with van der Waals surface area (Å²) < 4.78 is 7.01. The molecule has 1 amide bonds. The molecule has 0 aliphatic carbocycles. The fourth-order valence-corrected chi connectivity index (χ4v) is 2.55. The predicted octanol–water partition coefficient (Wildman–Crippen LogP) is 0.136. The highest BCUT2D eigenvalue weighted by molar-refractivity contribution is 6.03. The number of rotatable bonds is 4. The molecule has 0 saturated carbocycles. The van der Waals surface area contributed by atoms with Crippen molar-refractivity contribution in [3.63, 3.8) is 0 Å². The van der Waals surface area contributed by atoms with Gasteiger partial charge in [0.05, 0.1) is 12.7 Å². The van der Waals surface area contributed by atoms with Crippen LogP contribution in [0.3, 0.4) is 0 Å². The van der Waals surface area contributed by atoms with Crippen molar-refractivity contribution in [2.75, 3.05) is 11.9 Å². The maximum Gasteiger partial charge on any atom is 0.274 e. The van der Waals surface area contributed by atoms with Crippen molar-refractivity contribution >= 4 is 11.9 Å². The van der Waals surface area contributed by atoms with Gasteiger partial charge in [-0.15, -0.1) is 0 Å². The zero-order valence-corrected chi connectivity index (χ0v) is 12.7. The Balaban J connectivity index is 1.87. The number of aliphatic hydroxyl groups is 2. The van der Waals surface area contributed by atoms with E-state index in [1.165, 1.54) is 16.8 Å². The second-order valence-electron chi connectivity index (χ2n) is 5.43. The van der Waals surface area contributed by atoms with E-state index in [0.717, 1.165) is 0 Å². The summed E-state index contributed by atoms with van der Waals surface area (Å²) in [4.78, 5) is 27.6. The van der Waals surface area contributed by atoms with Crippen molar-refractivity contribution in [1.82, 2.24) is 9.55 Å². The van der Waals surface area contributed by atoms with E-state index in [-0.39, 0.29) is 19.0 Å². The van der Waals surface area contributed by atoms with Gasteiger partial charge in [-0.3, -0.25) is 19.5 Å². The Morgan fingerprint density at radius 2 is 2.08 bits per heavy atom. The molecule has 8 nitrogen and oxygen atoms in total. The molecule has 0 spiro atoms. The molecule has 0 bridgehead atoms. The first-order valence-corrected chi connectivity index (χ1v) is 7.48. The van der Waals surface area contributed by atoms with Crippen LogP contribution in [0.2, 0.25) is 0 Å². The summed E-state index contributed by atoms with van der Waals surface area (Å²) in [5, 5.41) is 21.6. The lowest BCUT2D eigenvalue weighted by Gasteiger charge is -2.19. The highest BCUT2D eigenvalue weighted by Crippen LogP contribution is 2.30. The molecular formula is C16H17N3O5. The number of hydrogen-bond donors (Lipinski definition) is 3. The van der Waals surface area contributed by atoms with Crippen LogP contribution in [0, 0.1) is 0 Å². The number of ether oxygens (including phenoxy) is 1. The minimum atomic E-state index is -0.836. The third kappa shape index (κ3) is 3.35. The van der Waals surface area contributed by atoms with E-state index in [1.54, 1.807) is 30.3 Å². The largest absolute Gasteiger partial charge is 0.394 e. The molecule has 3 N–H and O–H groups in total. The number of nitrogens with one attached hydrogen (secondary N) is 1. The standard InChI is InChI=1S/C16H17N3O5/c20-9-12-11(21)8-14(24-12)19-7-6-13(22)17-16(19)18-15(23)10-4-2-1-3-5-10/h1-7,11-12,14,20-21H,8-9H2,(H,17,18,22,23). The molecule has 8 heteroatoms. The molecule has 2 aromatic rings. The normalized spacial score (nSPS) is 23.2. The summed E-state index contributed by atoms with van der Waals surface area (Å²) >= 11 is 0. The van der Waals surface area contributed by atoms with Gasteiger partial charge in [0.1, 0.15) is 12.3 Å². The maximum absolute atomic E-state index is 12.3. The molecule has 24 heavy (non-hydrogen) atoms. The van der Waals surface area contributed by atoms with Crippen molar-refractivity contribution in [3.8, 4) is 0 Å². The zero-order valence-electron chi connectivity index (χ0n) is 12.7. The monoisotopic (exact) mass is 331 g/mol. The Morgan fingerprint density at radius 3 is 2.75 bits per heavy atom. The Morgan fingerprint density at radius 1 is 1.33 bits per heavy atom. The van der Waals surface area contributed by atoms with Gasteiger partial charge in [-0.1, -0.05) is 18.2 Å². The summed E-state index contributed by atoms with van der Waals surface area (Å²) in [7, 11) is 0. The SMILES string of the molecule is O=C(Nc1nc(=O)ccn1C1CC(O)C(CO)O1)c1ccccc1. The average Bonchev–Trinajstić information content (AvgIpc) is 2.96. The minimum Gasteiger partial charge on any atom is -0.394 e. The fourth-order valence-electron chi connectivity index (χ4n) is 2.55. The predicted molar refractivity (Wildman–Crippen MR) is 84.5 cm³/mol. The molecule has 1 aliphatic rings. The van der Waals surface area contributed by atoms with Gasteiger partial charge in [0, 0.05) is 24.2 Å². The Bertz CT molecular complexity index is 777. The number of benzene rings is 1. The molecule has 1 fully saturated rings. The lowest BCUT2D eigenvalue weighted by Crippen LogP contribution is -2.25. The first-order valence-electron chi connectivity index (χ1n) is 7.48. The smallest absolute Gasteiger partial charge is 0.274 e. The van der Waals surface area contributed by atoms with Gasteiger partial charge in [0.2, 0.25) is 5.95 Å². The fraction of sp³-hybridized carbons (Fsp3) is 0.312. The Hall–Kier alpha value is -2.55. The first kappa shape index (κ1) is 16.3. The molecule has 126 valence electrons. The second-order valence-corrected chi connectivity index (χ2v) is 5.43. The van der Waals surface area contributed by atoms with Crippen molar-refractivity contribution in [2.45, 2.75) is 24.9 Å². The van der Waals surface area contributed by atoms with Crippen molar-refractivity contribution in [1.29, 1.82) is 0 Å². The summed E-state index contributed by atoms with van der Waals surface area (Å²) in [6.45, 7) is -0.322. The average molecular weight is 331 g/mol. The van der Waals surface area contributed by atoms with Crippen molar-refractivity contribution in [2.24, 2.45) is 0 Å². The van der Waals surface area contributed by atoms with E-state index < -0.39 is 29.9 Å². The van der Waals surface area contributed by atoms with Crippen LogP contribution in [0.25, 0.3) is 0 Å². The highest BCUT2D eigenvalue weighted by atomic mass is 16.5. The van der Waals surface area contributed by atoms with Gasteiger partial charge in [-0.25, -0.2) is 0 Å². The van der Waals surface area contributed by atoms with E-state index in [1.807, 2.05) is 0 Å². The molecular weight excluding hydrogens is 314 g/mol. The molecule has 0 radical (unpaired) electrons. The first-order chi connectivity index (χ1) is 11.6. The molecule has 1 aliphatic heterocycles. The van der Waals surface area contributed by atoms with Crippen LogP contribution in [0.5, 0.6) is 0 Å². The third-order valence-electron chi connectivity index (χ3n) is 3.79. The van der Waals surface area contributed by atoms with Crippen LogP contribution in [-0.2, 0) is 4.74 Å². The highest BCUT2D eigenvalue weighted by Gasteiger charge is 2.35. The van der Waals surface area contributed by atoms with Crippen molar-refractivity contribution in [3.05, 3.63) is 58.5 Å². The summed E-state index contributed by atoms with van der Waals surface area (Å²) in [5.74, 6) is -0.396. The van der Waals surface area contributed by atoms with Crippen LogP contribution < -0.4 is 10.9 Å². The van der Waals surface area contributed by atoms with Gasteiger partial charge >= 0.3 is 0 Å². The van der Waals surface area contributed by atoms with Gasteiger partial charge < -0.3 is 14.9 Å². The van der Waals surface area contributed by atoms with Gasteiger partial charge in [-0.05, 0) is 12.1 Å². The number of hydrogen-bond acceptors (Lipinski definition) is 6. The second kappa shape index (κ2) is 6.91. The van der Waals surface area contributed by atoms with E-state index in [4.69, 9.17) is 4.74 Å². The zero-order chi connectivity index (χ0) is 17.1. The maximum atomic E-state index is 12.3. The van der Waals surface area contributed by atoms with Crippen LogP contribution in [0.15, 0.2) is 47.4 Å². The quantitative estimate of drug-likeness (QED) is 0.734. The van der Waals surface area contributed by atoms with E-state index in [0.29, 0.717) is 5.56 Å². The van der Waals surface area contributed by atoms with E-state index in [9.17, 15) is 19.8 Å². The molecule has 1 saturated heterocycles. The number of aromatic nitrogens is 2. The van der Waals surface area contributed by atoms with E-state index >= 15 is 0 Å². The van der Waals surface area contributed by atoms with Gasteiger partial charge in [0.15, 0.2) is 0 Å². The molecule has 2 heterocycles. The third-order valence-corrected chi connectivity index (χ3v) is 3.79. The molecule has 1 aromatic heterocycles. The Kier molecular flexibility index (Phi) is 4.70. The van der Waals surface area contributed by atoms with Crippen LogP contribution in [0.4, 0.5) is 5.95 Å². The van der Waals surface area contributed by atoms with Crippen LogP contribution >= 0.6 is 0 Å². The van der Waals surface area contributed by atoms with Gasteiger partial charge in [-0.2, -0.15) is 4.98 Å². The number of aliphatic hydroxyl groups excluding tert-OH is 2. The lowest BCUT2D eigenvalue weighted by molar-refractivity contribution is -0.0440. The lowest BCUT2D eigenvalue weighted by atomic mass is 10.2. The summed E-state index contributed by atoms with van der Waals surface area (Å²) in [6, 6.07) is 9.75. The Labute approximate surface area is 137 Å². The summed E-state index contributed by atoms with van der Waals surface area (Å²) in [6.07, 6.45) is -0.544. The van der Waals surface area contributed by atoms with Gasteiger partial charge in [0.25, 0.3) is 11.5 Å². The van der Waals surface area contributed by atoms with Crippen molar-refractivity contribution < 1.29 is 19.7 Å². The molecule has 3 atom stereocenters. The van der Waals surface area contributed by atoms with E-state index in [2.05, 4.69) is 10.3 Å². The number of nitrogens with zero attached hydrogens (tertiary/aromatic N) is 2. The topological polar surface area (TPSA) is 114 Å². The van der Waals surface area contributed by atoms with Crippen LogP contribution in [0.1, 0.15) is 23.0 Å². The number of anilines is 1. The van der Waals surface area contributed by atoms with Crippen LogP contribution in [-0.4, -0.2) is 44.5 Å². The molecule has 1 aromatic carbocycles. The summed E-state index contributed by atoms with van der Waals surface area (Å²) in [5.41, 5.74) is -0.0883. The molecule has 3 rings (SSSR count).